The standard InChI is InChI=1S/C22H24Br2N2O5/c1-11(12-5-3-2-4-6-12)25-15(27)10-31-16(28)7-8-26-21(29)17-13-9-14(18(17)22(26)30)20(24)19(13)23/h2-6,11,13-14,17-20H,7-10H2,1H3,(H,25,27)/t11-,13+,14+,17+,18+,19-,20-/m0/s1. The highest BCUT2D eigenvalue weighted by Gasteiger charge is 2.66. The molecule has 1 aromatic rings. The number of fused-ring (bicyclic) bond motifs is 5. The van der Waals surface area contributed by atoms with Crippen molar-refractivity contribution in [1.82, 2.24) is 10.2 Å². The molecule has 0 unspecified atom stereocenters. The van der Waals surface area contributed by atoms with Gasteiger partial charge in [0.15, 0.2) is 6.61 Å². The van der Waals surface area contributed by atoms with Gasteiger partial charge in [0.25, 0.3) is 5.91 Å². The Labute approximate surface area is 197 Å². The zero-order chi connectivity index (χ0) is 22.3. The summed E-state index contributed by atoms with van der Waals surface area (Å²) >= 11 is 7.30. The number of halogens is 2. The van der Waals surface area contributed by atoms with Gasteiger partial charge in [-0.2, -0.15) is 0 Å². The van der Waals surface area contributed by atoms with Gasteiger partial charge in [0, 0.05) is 16.2 Å². The lowest BCUT2D eigenvalue weighted by Gasteiger charge is -2.28. The first-order chi connectivity index (χ1) is 14.8. The van der Waals surface area contributed by atoms with E-state index < -0.39 is 18.5 Å². The fourth-order valence-electron chi connectivity index (χ4n) is 5.16. The Hall–Kier alpha value is -1.74. The zero-order valence-corrected chi connectivity index (χ0v) is 20.2. The number of rotatable bonds is 7. The quantitative estimate of drug-likeness (QED) is 0.317. The largest absolute Gasteiger partial charge is 0.456 e. The van der Waals surface area contributed by atoms with E-state index in [2.05, 4.69) is 37.2 Å². The molecule has 3 aliphatic rings. The molecule has 1 aliphatic heterocycles. The summed E-state index contributed by atoms with van der Waals surface area (Å²) < 4.78 is 5.04. The van der Waals surface area contributed by atoms with Gasteiger partial charge in [-0.15, -0.1) is 0 Å². The molecule has 1 aromatic carbocycles. The minimum Gasteiger partial charge on any atom is -0.456 e. The minimum atomic E-state index is -0.611. The fraction of sp³-hybridized carbons (Fsp3) is 0.545. The molecule has 9 heteroatoms. The Bertz CT molecular complexity index is 863. The van der Waals surface area contributed by atoms with Crippen LogP contribution >= 0.6 is 31.9 Å². The highest BCUT2D eigenvalue weighted by molar-refractivity contribution is 9.12. The minimum absolute atomic E-state index is 0.00905. The molecule has 0 radical (unpaired) electrons. The van der Waals surface area contributed by atoms with Crippen molar-refractivity contribution in [2.45, 2.75) is 35.5 Å². The van der Waals surface area contributed by atoms with Crippen LogP contribution in [0.15, 0.2) is 30.3 Å². The van der Waals surface area contributed by atoms with Crippen LogP contribution in [0.2, 0.25) is 0 Å². The number of carbonyl (C=O) groups is 4. The first kappa shape index (κ1) is 22.5. The van der Waals surface area contributed by atoms with Gasteiger partial charge in [0.05, 0.1) is 24.3 Å². The van der Waals surface area contributed by atoms with E-state index in [4.69, 9.17) is 4.74 Å². The Morgan fingerprint density at radius 2 is 1.68 bits per heavy atom. The Balaban J connectivity index is 1.24. The summed E-state index contributed by atoms with van der Waals surface area (Å²) in [5, 5.41) is 2.77. The topological polar surface area (TPSA) is 92.8 Å². The lowest BCUT2D eigenvalue weighted by atomic mass is 9.81. The number of carbonyl (C=O) groups excluding carboxylic acids is 4. The maximum absolute atomic E-state index is 12.8. The third-order valence-electron chi connectivity index (χ3n) is 6.66. The number of imide groups is 1. The first-order valence-corrected chi connectivity index (χ1v) is 12.3. The molecular formula is C22H24Br2N2O5. The van der Waals surface area contributed by atoms with Crippen LogP contribution < -0.4 is 5.32 Å². The normalized spacial score (nSPS) is 32.2. The number of likely N-dealkylation sites (tertiary alicyclic amines) is 1. The number of nitrogens with zero attached hydrogens (tertiary/aromatic N) is 1. The highest BCUT2D eigenvalue weighted by Crippen LogP contribution is 2.60. The Morgan fingerprint density at radius 3 is 2.26 bits per heavy atom. The summed E-state index contributed by atoms with van der Waals surface area (Å²) in [4.78, 5) is 51.4. The van der Waals surface area contributed by atoms with Crippen molar-refractivity contribution in [3.05, 3.63) is 35.9 Å². The van der Waals surface area contributed by atoms with E-state index in [9.17, 15) is 19.2 Å². The maximum atomic E-state index is 12.8. The number of nitrogens with one attached hydrogen (secondary N) is 1. The molecule has 7 nitrogen and oxygen atoms in total. The molecule has 2 aliphatic carbocycles. The van der Waals surface area contributed by atoms with E-state index in [0.29, 0.717) is 0 Å². The fourth-order valence-corrected chi connectivity index (χ4v) is 7.03. The van der Waals surface area contributed by atoms with Gasteiger partial charge in [-0.05, 0) is 30.7 Å². The zero-order valence-electron chi connectivity index (χ0n) is 17.0. The smallest absolute Gasteiger partial charge is 0.308 e. The number of esters is 1. The van der Waals surface area contributed by atoms with Crippen LogP contribution in [0.25, 0.3) is 0 Å². The Kier molecular flexibility index (Phi) is 6.53. The predicted octanol–water partition coefficient (Wildman–Crippen LogP) is 2.58. The van der Waals surface area contributed by atoms with Gasteiger partial charge >= 0.3 is 5.97 Å². The third kappa shape index (κ3) is 4.18. The van der Waals surface area contributed by atoms with Gasteiger partial charge in [-0.3, -0.25) is 24.1 Å². The second kappa shape index (κ2) is 9.02. The summed E-state index contributed by atoms with van der Waals surface area (Å²) in [5.41, 5.74) is 0.948. The second-order valence-electron chi connectivity index (χ2n) is 8.44. The average Bonchev–Trinajstić information content (AvgIpc) is 3.36. The number of alkyl halides is 2. The van der Waals surface area contributed by atoms with Crippen molar-refractivity contribution < 1.29 is 23.9 Å². The summed E-state index contributed by atoms with van der Waals surface area (Å²) in [5.74, 6) is -1.70. The summed E-state index contributed by atoms with van der Waals surface area (Å²) in [7, 11) is 0. The molecule has 1 N–H and O–H groups in total. The number of hydrogen-bond acceptors (Lipinski definition) is 5. The van der Waals surface area contributed by atoms with Crippen LogP contribution in [-0.2, 0) is 23.9 Å². The van der Waals surface area contributed by atoms with Crippen molar-refractivity contribution in [1.29, 1.82) is 0 Å². The molecule has 2 bridgehead atoms. The molecule has 3 amide bonds. The molecule has 1 saturated heterocycles. The molecule has 3 fully saturated rings. The molecule has 0 aromatic heterocycles. The van der Waals surface area contributed by atoms with Gasteiger partial charge in [0.1, 0.15) is 0 Å². The van der Waals surface area contributed by atoms with E-state index in [-0.39, 0.29) is 64.1 Å². The maximum Gasteiger partial charge on any atom is 0.308 e. The number of hydrogen-bond donors (Lipinski definition) is 1. The summed E-state index contributed by atoms with van der Waals surface area (Å²) in [6.07, 6.45) is 0.744. The monoisotopic (exact) mass is 554 g/mol. The van der Waals surface area contributed by atoms with E-state index in [0.717, 1.165) is 12.0 Å². The van der Waals surface area contributed by atoms with Crippen molar-refractivity contribution >= 4 is 55.6 Å². The second-order valence-corrected chi connectivity index (χ2v) is 10.6. The first-order valence-electron chi connectivity index (χ1n) is 10.4. The average molecular weight is 556 g/mol. The summed E-state index contributed by atoms with van der Waals surface area (Å²) in [6.45, 7) is 1.44. The van der Waals surface area contributed by atoms with Crippen molar-refractivity contribution in [2.24, 2.45) is 23.7 Å². The Morgan fingerprint density at radius 1 is 1.10 bits per heavy atom. The predicted molar refractivity (Wildman–Crippen MR) is 119 cm³/mol. The van der Waals surface area contributed by atoms with Crippen LogP contribution in [0, 0.1) is 23.7 Å². The molecule has 4 rings (SSSR count). The van der Waals surface area contributed by atoms with Crippen LogP contribution in [0.3, 0.4) is 0 Å². The summed E-state index contributed by atoms with van der Waals surface area (Å²) in [6, 6.07) is 9.25. The van der Waals surface area contributed by atoms with E-state index in [1.807, 2.05) is 37.3 Å². The van der Waals surface area contributed by atoms with E-state index >= 15 is 0 Å². The lowest BCUT2D eigenvalue weighted by molar-refractivity contribution is -0.150. The van der Waals surface area contributed by atoms with Gasteiger partial charge < -0.3 is 10.1 Å². The van der Waals surface area contributed by atoms with Crippen LogP contribution in [0.1, 0.15) is 31.4 Å². The SMILES string of the molecule is C[C@H](NC(=O)COC(=O)CCN1C(=O)[C@@H]2[C@H]3C[C@@H]([C@H](Br)[C@H]3Br)[C@H]2C1=O)c1ccccc1. The van der Waals surface area contributed by atoms with Crippen LogP contribution in [0.5, 0.6) is 0 Å². The van der Waals surface area contributed by atoms with Crippen molar-refractivity contribution in [3.63, 3.8) is 0 Å². The highest BCUT2D eigenvalue weighted by atomic mass is 79.9. The van der Waals surface area contributed by atoms with Crippen molar-refractivity contribution in [3.8, 4) is 0 Å². The van der Waals surface area contributed by atoms with Gasteiger partial charge in [0.2, 0.25) is 11.8 Å². The molecule has 0 spiro atoms. The molecule has 166 valence electrons. The molecular weight excluding hydrogens is 532 g/mol. The third-order valence-corrected chi connectivity index (χ3v) is 9.87. The van der Waals surface area contributed by atoms with E-state index in [1.165, 1.54) is 4.90 Å². The number of ether oxygens (including phenoxy) is 1. The van der Waals surface area contributed by atoms with Gasteiger partial charge in [-0.1, -0.05) is 62.2 Å². The van der Waals surface area contributed by atoms with Crippen molar-refractivity contribution in [2.75, 3.05) is 13.2 Å². The van der Waals surface area contributed by atoms with Crippen LogP contribution in [-0.4, -0.2) is 51.4 Å². The molecule has 2 saturated carbocycles. The van der Waals surface area contributed by atoms with E-state index in [1.54, 1.807) is 0 Å². The molecule has 31 heavy (non-hydrogen) atoms. The lowest BCUT2D eigenvalue weighted by Crippen LogP contribution is -2.37. The molecule has 7 atom stereocenters. The van der Waals surface area contributed by atoms with Gasteiger partial charge in [-0.25, -0.2) is 0 Å². The van der Waals surface area contributed by atoms with Crippen LogP contribution in [0.4, 0.5) is 0 Å². The number of benzene rings is 1. The number of amides is 3. The molecule has 1 heterocycles.